The third-order valence-electron chi connectivity index (χ3n) is 3.45. The van der Waals surface area contributed by atoms with Gasteiger partial charge in [-0.1, -0.05) is 47.6 Å². The molecule has 3 rings (SSSR count). The third-order valence-corrected chi connectivity index (χ3v) is 3.45. The topological polar surface area (TPSA) is 79.8 Å². The summed E-state index contributed by atoms with van der Waals surface area (Å²) in [6.07, 6.45) is 1.31. The molecule has 0 atom stereocenters. The van der Waals surface area contributed by atoms with Gasteiger partial charge in [0.05, 0.1) is 5.57 Å². The molecule has 1 aromatic heterocycles. The first kappa shape index (κ1) is 15.4. The Balaban J connectivity index is 1.86. The van der Waals surface area contributed by atoms with Gasteiger partial charge in [-0.2, -0.15) is 10.2 Å². The van der Waals surface area contributed by atoms with Gasteiger partial charge in [0.2, 0.25) is 0 Å². The number of carbonyl (C=O) groups is 1. The summed E-state index contributed by atoms with van der Waals surface area (Å²) in [5.74, 6) is 0.196. The Labute approximate surface area is 138 Å². The second kappa shape index (κ2) is 6.71. The van der Waals surface area contributed by atoms with Crippen molar-refractivity contribution >= 4 is 11.9 Å². The highest BCUT2D eigenvalue weighted by Crippen LogP contribution is 2.24. The highest BCUT2D eigenvalue weighted by atomic mass is 16.5. The van der Waals surface area contributed by atoms with Crippen molar-refractivity contribution in [2.45, 2.75) is 6.92 Å². The van der Waals surface area contributed by atoms with Crippen LogP contribution in [0.1, 0.15) is 12.7 Å². The molecule has 0 aliphatic carbocycles. The number of ketones is 1. The molecule has 5 nitrogen and oxygen atoms in total. The van der Waals surface area contributed by atoms with E-state index in [9.17, 15) is 4.79 Å². The van der Waals surface area contributed by atoms with Gasteiger partial charge in [-0.05, 0) is 30.2 Å². The summed E-state index contributed by atoms with van der Waals surface area (Å²) in [6, 6.07) is 19.6. The molecule has 3 aromatic rings. The van der Waals surface area contributed by atoms with Crippen molar-refractivity contribution in [2.75, 3.05) is 0 Å². The first-order chi connectivity index (χ1) is 11.7. The Morgan fingerprint density at radius 2 is 1.67 bits per heavy atom. The molecule has 0 amide bonds. The van der Waals surface area contributed by atoms with Gasteiger partial charge in [0, 0.05) is 11.6 Å². The molecule has 24 heavy (non-hydrogen) atoms. The van der Waals surface area contributed by atoms with Crippen molar-refractivity contribution in [3.63, 3.8) is 0 Å². The van der Waals surface area contributed by atoms with Gasteiger partial charge in [0.15, 0.2) is 11.6 Å². The summed E-state index contributed by atoms with van der Waals surface area (Å²) in [5.41, 5.74) is 2.96. The van der Waals surface area contributed by atoms with Crippen LogP contribution in [0.5, 0.6) is 0 Å². The number of hydrogen-bond donors (Lipinski definition) is 0. The zero-order chi connectivity index (χ0) is 16.9. The molecule has 0 radical (unpaired) electrons. The summed E-state index contributed by atoms with van der Waals surface area (Å²) in [4.78, 5) is 15.4. The molecule has 116 valence electrons. The maximum Gasteiger partial charge on any atom is 0.258 e. The predicted molar refractivity (Wildman–Crippen MR) is 89.4 cm³/mol. The van der Waals surface area contributed by atoms with Crippen LogP contribution in [0.15, 0.2) is 64.7 Å². The fourth-order valence-electron chi connectivity index (χ4n) is 2.19. The third kappa shape index (κ3) is 3.28. The van der Waals surface area contributed by atoms with E-state index in [1.165, 1.54) is 13.0 Å². The highest BCUT2D eigenvalue weighted by Gasteiger charge is 2.10. The van der Waals surface area contributed by atoms with E-state index in [1.54, 1.807) is 0 Å². The van der Waals surface area contributed by atoms with Crippen LogP contribution in [0.2, 0.25) is 0 Å². The van der Waals surface area contributed by atoms with Crippen LogP contribution in [0.4, 0.5) is 0 Å². The van der Waals surface area contributed by atoms with E-state index in [0.717, 1.165) is 16.7 Å². The molecule has 0 fully saturated rings. The highest BCUT2D eigenvalue weighted by molar-refractivity contribution is 6.01. The lowest BCUT2D eigenvalue weighted by Gasteiger charge is -2.01. The number of allylic oxidation sites excluding steroid dienone is 1. The first-order valence-corrected chi connectivity index (χ1v) is 7.29. The molecule has 0 saturated carbocycles. The van der Waals surface area contributed by atoms with Crippen LogP contribution < -0.4 is 0 Å². The molecule has 0 bridgehead atoms. The Morgan fingerprint density at radius 3 is 2.29 bits per heavy atom. The summed E-state index contributed by atoms with van der Waals surface area (Å²) in [5, 5.41) is 12.7. The van der Waals surface area contributed by atoms with Crippen molar-refractivity contribution in [3.05, 3.63) is 66.0 Å². The van der Waals surface area contributed by atoms with E-state index >= 15 is 0 Å². The standard InChI is InChI=1S/C19H13N3O2/c1-13(23)17(12-20)11-18-21-19(24-22-18)16-9-7-15(8-10-16)14-5-3-2-4-6-14/h2-11H,1H3/b17-11+. The minimum atomic E-state index is -0.337. The van der Waals surface area contributed by atoms with Crippen molar-refractivity contribution in [1.82, 2.24) is 10.1 Å². The fraction of sp³-hybridized carbons (Fsp3) is 0.0526. The van der Waals surface area contributed by atoms with Gasteiger partial charge in [-0.3, -0.25) is 4.79 Å². The number of benzene rings is 2. The maximum atomic E-state index is 11.3. The van der Waals surface area contributed by atoms with Gasteiger partial charge < -0.3 is 4.52 Å². The van der Waals surface area contributed by atoms with Crippen molar-refractivity contribution < 1.29 is 9.32 Å². The summed E-state index contributed by atoms with van der Waals surface area (Å²) < 4.78 is 5.19. The molecule has 2 aromatic carbocycles. The van der Waals surface area contributed by atoms with Crippen LogP contribution in [0, 0.1) is 11.3 Å². The number of rotatable bonds is 4. The van der Waals surface area contributed by atoms with Gasteiger partial charge in [0.25, 0.3) is 5.89 Å². The van der Waals surface area contributed by atoms with Crippen LogP contribution >= 0.6 is 0 Å². The van der Waals surface area contributed by atoms with E-state index in [4.69, 9.17) is 9.78 Å². The summed E-state index contributed by atoms with van der Waals surface area (Å²) in [7, 11) is 0. The fourth-order valence-corrected chi connectivity index (χ4v) is 2.19. The lowest BCUT2D eigenvalue weighted by Crippen LogP contribution is -1.93. The molecule has 0 aliphatic heterocycles. The smallest absolute Gasteiger partial charge is 0.258 e. The largest absolute Gasteiger partial charge is 0.334 e. The zero-order valence-corrected chi connectivity index (χ0v) is 12.9. The van der Waals surface area contributed by atoms with Gasteiger partial charge in [-0.15, -0.1) is 0 Å². The lowest BCUT2D eigenvalue weighted by atomic mass is 10.0. The average molecular weight is 315 g/mol. The second-order valence-corrected chi connectivity index (χ2v) is 5.13. The Hall–Kier alpha value is -3.52. The Bertz CT molecular complexity index is 933. The quantitative estimate of drug-likeness (QED) is 0.539. The monoisotopic (exact) mass is 315 g/mol. The normalized spacial score (nSPS) is 11.1. The van der Waals surface area contributed by atoms with Gasteiger partial charge in [0.1, 0.15) is 6.07 Å². The molecule has 5 heteroatoms. The maximum absolute atomic E-state index is 11.3. The number of nitriles is 1. The summed E-state index contributed by atoms with van der Waals surface area (Å²) >= 11 is 0. The minimum Gasteiger partial charge on any atom is -0.334 e. The minimum absolute atomic E-state index is 0.0122. The molecule has 0 unspecified atom stereocenters. The molecular formula is C19H13N3O2. The van der Waals surface area contributed by atoms with Crippen molar-refractivity contribution in [2.24, 2.45) is 0 Å². The number of aromatic nitrogens is 2. The number of hydrogen-bond acceptors (Lipinski definition) is 5. The van der Waals surface area contributed by atoms with Crippen molar-refractivity contribution in [3.8, 4) is 28.7 Å². The molecule has 0 saturated heterocycles. The number of Topliss-reactive ketones (excluding diaryl/α,β-unsaturated/α-hetero) is 1. The van der Waals surface area contributed by atoms with E-state index < -0.39 is 0 Å². The van der Waals surface area contributed by atoms with Crippen molar-refractivity contribution in [1.29, 1.82) is 5.26 Å². The van der Waals surface area contributed by atoms with E-state index in [1.807, 2.05) is 60.7 Å². The Kier molecular flexibility index (Phi) is 4.30. The molecule has 0 spiro atoms. The molecular weight excluding hydrogens is 302 g/mol. The molecule has 0 aliphatic rings. The lowest BCUT2D eigenvalue weighted by molar-refractivity contribution is -0.113. The second-order valence-electron chi connectivity index (χ2n) is 5.13. The van der Waals surface area contributed by atoms with Gasteiger partial charge in [-0.25, -0.2) is 0 Å². The summed E-state index contributed by atoms with van der Waals surface area (Å²) in [6.45, 7) is 1.32. The van der Waals surface area contributed by atoms with E-state index in [0.29, 0.717) is 5.89 Å². The molecule has 1 heterocycles. The van der Waals surface area contributed by atoms with E-state index in [2.05, 4.69) is 10.1 Å². The average Bonchev–Trinajstić information content (AvgIpc) is 3.09. The van der Waals surface area contributed by atoms with Crippen LogP contribution in [-0.4, -0.2) is 15.9 Å². The van der Waals surface area contributed by atoms with Crippen LogP contribution in [0.25, 0.3) is 28.7 Å². The van der Waals surface area contributed by atoms with Crippen LogP contribution in [0.3, 0.4) is 0 Å². The number of carbonyl (C=O) groups excluding carboxylic acids is 1. The predicted octanol–water partition coefficient (Wildman–Crippen LogP) is 3.90. The zero-order valence-electron chi connectivity index (χ0n) is 12.9. The first-order valence-electron chi connectivity index (χ1n) is 7.29. The Morgan fingerprint density at radius 1 is 1.04 bits per heavy atom. The van der Waals surface area contributed by atoms with Gasteiger partial charge >= 0.3 is 0 Å². The molecule has 0 N–H and O–H groups in total. The van der Waals surface area contributed by atoms with E-state index in [-0.39, 0.29) is 17.2 Å². The SMILES string of the molecule is CC(=O)/C(C#N)=C/c1noc(-c2ccc(-c3ccccc3)cc2)n1. The van der Waals surface area contributed by atoms with Crippen LogP contribution in [-0.2, 0) is 4.79 Å². The number of nitrogens with zero attached hydrogens (tertiary/aromatic N) is 3.